The number of carbonyl (C=O) groups excluding carboxylic acids is 1. The number of nitro benzene ring substituents is 1. The largest absolute Gasteiger partial charge is 0.506 e. The molecular weight excluding hydrogens is 424 g/mol. The molecule has 3 rings (SSSR count). The summed E-state index contributed by atoms with van der Waals surface area (Å²) in [6.45, 7) is -2.31. The van der Waals surface area contributed by atoms with Gasteiger partial charge in [0.25, 0.3) is 0 Å². The van der Waals surface area contributed by atoms with Crippen molar-refractivity contribution in [3.63, 3.8) is 0 Å². The van der Waals surface area contributed by atoms with Crippen LogP contribution in [0.2, 0.25) is 5.02 Å². The van der Waals surface area contributed by atoms with E-state index in [4.69, 9.17) is 11.6 Å². The summed E-state index contributed by atoms with van der Waals surface area (Å²) >= 11 is 5.88. The first-order valence-electron chi connectivity index (χ1n) is 9.02. The van der Waals surface area contributed by atoms with Crippen LogP contribution in [0.25, 0.3) is 0 Å². The van der Waals surface area contributed by atoms with Crippen LogP contribution in [-0.2, 0) is 4.79 Å². The second-order valence-electron chi connectivity index (χ2n) is 6.70. The Bertz CT molecular complexity index is 952. The minimum atomic E-state index is -3.18. The maximum atomic E-state index is 12.6. The lowest BCUT2D eigenvalue weighted by Crippen LogP contribution is -2.38. The molecule has 160 valence electrons. The molecule has 0 saturated carbocycles. The van der Waals surface area contributed by atoms with Gasteiger partial charge in [0, 0.05) is 41.9 Å². The van der Waals surface area contributed by atoms with Gasteiger partial charge in [-0.2, -0.15) is 8.78 Å². The highest BCUT2D eigenvalue weighted by molar-refractivity contribution is 6.31. The smallest absolute Gasteiger partial charge is 0.387 e. The SMILES string of the molecule is O=C(Nc1cc(Cl)ccc1O)C1CCN(c2ccc([N+](=O)[O-])c(OC(F)F)c2)CC1. The third-order valence-corrected chi connectivity index (χ3v) is 5.04. The van der Waals surface area contributed by atoms with Crippen molar-refractivity contribution in [2.45, 2.75) is 19.5 Å². The number of amides is 1. The van der Waals surface area contributed by atoms with Gasteiger partial charge in [-0.15, -0.1) is 0 Å². The number of benzene rings is 2. The minimum absolute atomic E-state index is 0.0948. The van der Waals surface area contributed by atoms with Gasteiger partial charge in [-0.3, -0.25) is 14.9 Å². The lowest BCUT2D eigenvalue weighted by atomic mass is 9.95. The summed E-state index contributed by atoms with van der Waals surface area (Å²) in [4.78, 5) is 24.6. The topological polar surface area (TPSA) is 105 Å². The quantitative estimate of drug-likeness (QED) is 0.391. The maximum Gasteiger partial charge on any atom is 0.387 e. The molecule has 0 spiro atoms. The standard InChI is InChI=1S/C19H18ClF2N3O5/c20-12-1-4-16(26)14(9-12)23-18(27)11-5-7-24(8-6-11)13-2-3-15(25(28)29)17(10-13)30-19(21)22/h1-4,9-11,19,26H,5-8H2,(H,23,27). The number of carbonyl (C=O) groups is 1. The minimum Gasteiger partial charge on any atom is -0.506 e. The fraction of sp³-hybridized carbons (Fsp3) is 0.316. The first-order valence-corrected chi connectivity index (χ1v) is 9.40. The molecule has 1 aliphatic heterocycles. The Morgan fingerprint density at radius 2 is 1.97 bits per heavy atom. The molecule has 0 atom stereocenters. The summed E-state index contributed by atoms with van der Waals surface area (Å²) in [7, 11) is 0. The van der Waals surface area contributed by atoms with Gasteiger partial charge in [-0.25, -0.2) is 0 Å². The number of ether oxygens (including phenoxy) is 1. The highest BCUT2D eigenvalue weighted by atomic mass is 35.5. The van der Waals surface area contributed by atoms with E-state index < -0.39 is 23.0 Å². The summed E-state index contributed by atoms with van der Waals surface area (Å²) in [6, 6.07) is 8.12. The Morgan fingerprint density at radius 3 is 2.60 bits per heavy atom. The second kappa shape index (κ2) is 9.12. The number of hydrogen-bond acceptors (Lipinski definition) is 6. The van der Waals surface area contributed by atoms with Crippen molar-refractivity contribution in [1.29, 1.82) is 0 Å². The van der Waals surface area contributed by atoms with Gasteiger partial charge in [-0.1, -0.05) is 11.6 Å². The van der Waals surface area contributed by atoms with Gasteiger partial charge in [0.05, 0.1) is 10.6 Å². The highest BCUT2D eigenvalue weighted by Crippen LogP contribution is 2.35. The van der Waals surface area contributed by atoms with Gasteiger partial charge in [-0.05, 0) is 37.1 Å². The lowest BCUT2D eigenvalue weighted by Gasteiger charge is -2.33. The van der Waals surface area contributed by atoms with Crippen LogP contribution < -0.4 is 15.0 Å². The summed E-state index contributed by atoms with van der Waals surface area (Å²) in [5.41, 5.74) is 0.163. The number of piperidine rings is 1. The van der Waals surface area contributed by atoms with Crippen LogP contribution in [0.3, 0.4) is 0 Å². The number of anilines is 2. The molecule has 30 heavy (non-hydrogen) atoms. The molecule has 2 aromatic carbocycles. The molecule has 11 heteroatoms. The van der Waals surface area contributed by atoms with Gasteiger partial charge in [0.1, 0.15) is 5.75 Å². The highest BCUT2D eigenvalue weighted by Gasteiger charge is 2.27. The van der Waals surface area contributed by atoms with Crippen molar-refractivity contribution in [1.82, 2.24) is 0 Å². The number of phenols is 1. The third kappa shape index (κ3) is 5.07. The molecule has 1 heterocycles. The van der Waals surface area contributed by atoms with E-state index in [-0.39, 0.29) is 23.3 Å². The molecule has 1 fully saturated rings. The van der Waals surface area contributed by atoms with Crippen molar-refractivity contribution >= 4 is 34.6 Å². The molecule has 2 aromatic rings. The molecule has 0 radical (unpaired) electrons. The summed E-state index contributed by atoms with van der Waals surface area (Å²) in [6.07, 6.45) is 0.935. The molecule has 0 unspecified atom stereocenters. The summed E-state index contributed by atoms with van der Waals surface area (Å²) in [5, 5.41) is 23.9. The maximum absolute atomic E-state index is 12.6. The van der Waals surface area contributed by atoms with E-state index in [0.717, 1.165) is 6.07 Å². The molecule has 0 aromatic heterocycles. The number of nitrogens with one attached hydrogen (secondary N) is 1. The predicted molar refractivity (Wildman–Crippen MR) is 106 cm³/mol. The zero-order valence-electron chi connectivity index (χ0n) is 15.6. The molecule has 1 saturated heterocycles. The van der Waals surface area contributed by atoms with Crippen LogP contribution in [0.15, 0.2) is 36.4 Å². The monoisotopic (exact) mass is 441 g/mol. The molecule has 2 N–H and O–H groups in total. The number of phenolic OH excluding ortho intramolecular Hbond substituents is 1. The molecule has 1 amide bonds. The zero-order valence-corrected chi connectivity index (χ0v) is 16.3. The third-order valence-electron chi connectivity index (χ3n) is 4.80. The average molecular weight is 442 g/mol. The Labute approximate surface area is 175 Å². The van der Waals surface area contributed by atoms with E-state index in [1.54, 1.807) is 0 Å². The van der Waals surface area contributed by atoms with Crippen molar-refractivity contribution in [2.75, 3.05) is 23.3 Å². The van der Waals surface area contributed by atoms with Crippen LogP contribution >= 0.6 is 11.6 Å². The number of nitrogens with zero attached hydrogens (tertiary/aromatic N) is 2. The number of nitro groups is 1. The fourth-order valence-electron chi connectivity index (χ4n) is 3.28. The van der Waals surface area contributed by atoms with Crippen molar-refractivity contribution in [3.05, 3.63) is 51.5 Å². The molecule has 0 bridgehead atoms. The van der Waals surface area contributed by atoms with Crippen LogP contribution in [0.4, 0.5) is 25.8 Å². The number of hydrogen-bond donors (Lipinski definition) is 2. The Hall–Kier alpha value is -3.14. The van der Waals surface area contributed by atoms with Crippen LogP contribution in [0, 0.1) is 16.0 Å². The molecular formula is C19H18ClF2N3O5. The van der Waals surface area contributed by atoms with Crippen molar-refractivity contribution in [3.8, 4) is 11.5 Å². The number of halogens is 3. The first-order chi connectivity index (χ1) is 14.2. The number of alkyl halides is 2. The molecule has 8 nitrogen and oxygen atoms in total. The van der Waals surface area contributed by atoms with Gasteiger partial charge >= 0.3 is 12.3 Å². The van der Waals surface area contributed by atoms with E-state index in [1.807, 2.05) is 4.90 Å². The van der Waals surface area contributed by atoms with E-state index >= 15 is 0 Å². The van der Waals surface area contributed by atoms with Gasteiger partial charge in [0.2, 0.25) is 11.7 Å². The molecule has 0 aliphatic carbocycles. The van der Waals surface area contributed by atoms with Crippen LogP contribution in [0.5, 0.6) is 11.5 Å². The van der Waals surface area contributed by atoms with Gasteiger partial charge in [0.15, 0.2) is 0 Å². The molecule has 1 aliphatic rings. The van der Waals surface area contributed by atoms with Gasteiger partial charge < -0.3 is 20.1 Å². The van der Waals surface area contributed by atoms with E-state index in [2.05, 4.69) is 10.1 Å². The van der Waals surface area contributed by atoms with Crippen molar-refractivity contribution in [2.24, 2.45) is 5.92 Å². The Balaban J connectivity index is 1.65. The number of aromatic hydroxyl groups is 1. The van der Waals surface area contributed by atoms with Crippen LogP contribution in [0.1, 0.15) is 12.8 Å². The van der Waals surface area contributed by atoms with E-state index in [0.29, 0.717) is 36.6 Å². The van der Waals surface area contributed by atoms with E-state index in [9.17, 15) is 28.8 Å². The fourth-order valence-corrected chi connectivity index (χ4v) is 3.46. The van der Waals surface area contributed by atoms with E-state index in [1.165, 1.54) is 30.3 Å². The Kier molecular flexibility index (Phi) is 6.56. The Morgan fingerprint density at radius 1 is 1.27 bits per heavy atom. The van der Waals surface area contributed by atoms with Crippen molar-refractivity contribution < 1.29 is 28.3 Å². The summed E-state index contributed by atoms with van der Waals surface area (Å²) in [5.74, 6) is -1.20. The first kappa shape index (κ1) is 21.6. The lowest BCUT2D eigenvalue weighted by molar-refractivity contribution is -0.386. The predicted octanol–water partition coefficient (Wildman–Crippen LogP) is 4.41. The second-order valence-corrected chi connectivity index (χ2v) is 7.14. The number of rotatable bonds is 6. The van der Waals surface area contributed by atoms with Crippen LogP contribution in [-0.4, -0.2) is 35.6 Å². The normalized spacial score (nSPS) is 14.6. The average Bonchev–Trinajstić information content (AvgIpc) is 2.70. The zero-order chi connectivity index (χ0) is 21.8. The summed E-state index contributed by atoms with van der Waals surface area (Å²) < 4.78 is 29.4.